The molecule has 76 valence electrons. The summed E-state index contributed by atoms with van der Waals surface area (Å²) >= 11 is 11.3. The molecule has 1 saturated heterocycles. The molecule has 2 nitrogen and oxygen atoms in total. The van der Waals surface area contributed by atoms with Crippen LogP contribution in [0.4, 0.5) is 0 Å². The Morgan fingerprint density at radius 1 is 1.54 bits per heavy atom. The molecule has 0 radical (unpaired) electrons. The summed E-state index contributed by atoms with van der Waals surface area (Å²) in [6.07, 6.45) is 3.44. The third-order valence-electron chi connectivity index (χ3n) is 2.43. The van der Waals surface area contributed by atoms with E-state index in [9.17, 15) is 0 Å². The first-order chi connectivity index (χ1) is 6.27. The van der Waals surface area contributed by atoms with Gasteiger partial charge in [-0.2, -0.15) is 0 Å². The highest BCUT2D eigenvalue weighted by molar-refractivity contribution is 6.36. The van der Waals surface area contributed by atoms with E-state index in [0.717, 1.165) is 13.0 Å². The fourth-order valence-corrected chi connectivity index (χ4v) is 1.93. The van der Waals surface area contributed by atoms with Crippen LogP contribution >= 0.6 is 23.2 Å². The van der Waals surface area contributed by atoms with E-state index in [2.05, 4.69) is 4.90 Å². The topological polar surface area (TPSA) is 23.5 Å². The molecule has 0 amide bonds. The van der Waals surface area contributed by atoms with Crippen LogP contribution in [0.1, 0.15) is 19.3 Å². The molecule has 1 fully saturated rings. The van der Waals surface area contributed by atoms with Gasteiger partial charge in [0.25, 0.3) is 0 Å². The molecule has 0 aromatic carbocycles. The van der Waals surface area contributed by atoms with Gasteiger partial charge >= 0.3 is 0 Å². The SMILES string of the molecule is OCC1CCCCN1CC(Cl)=CCl. The molecular formula is C9H15Cl2NO. The summed E-state index contributed by atoms with van der Waals surface area (Å²) in [4.78, 5) is 2.19. The van der Waals surface area contributed by atoms with Crippen LogP contribution in [0.25, 0.3) is 0 Å². The quantitative estimate of drug-likeness (QED) is 0.793. The van der Waals surface area contributed by atoms with E-state index in [1.807, 2.05) is 0 Å². The summed E-state index contributed by atoms with van der Waals surface area (Å²) in [7, 11) is 0. The lowest BCUT2D eigenvalue weighted by molar-refractivity contribution is 0.100. The summed E-state index contributed by atoms with van der Waals surface area (Å²) in [6.45, 7) is 1.88. The highest BCUT2D eigenvalue weighted by atomic mass is 35.5. The third-order valence-corrected chi connectivity index (χ3v) is 3.04. The summed E-state index contributed by atoms with van der Waals surface area (Å²) < 4.78 is 0. The summed E-state index contributed by atoms with van der Waals surface area (Å²) in [5.74, 6) is 0. The van der Waals surface area contributed by atoms with E-state index in [1.54, 1.807) is 0 Å². The van der Waals surface area contributed by atoms with Gasteiger partial charge in [-0.05, 0) is 19.4 Å². The molecule has 0 bridgehead atoms. The Labute approximate surface area is 89.1 Å². The first-order valence-electron chi connectivity index (χ1n) is 4.57. The normalized spacial score (nSPS) is 26.4. The molecule has 1 aliphatic heterocycles. The van der Waals surface area contributed by atoms with E-state index in [-0.39, 0.29) is 12.6 Å². The van der Waals surface area contributed by atoms with Crippen LogP contribution in [0.2, 0.25) is 0 Å². The average Bonchev–Trinajstić information content (AvgIpc) is 2.18. The molecule has 1 aliphatic rings. The lowest BCUT2D eigenvalue weighted by Gasteiger charge is -2.34. The Bertz CT molecular complexity index is 184. The first-order valence-corrected chi connectivity index (χ1v) is 5.39. The van der Waals surface area contributed by atoms with Crippen LogP contribution < -0.4 is 0 Å². The zero-order chi connectivity index (χ0) is 9.68. The van der Waals surface area contributed by atoms with Gasteiger partial charge in [-0.25, -0.2) is 0 Å². The zero-order valence-corrected chi connectivity index (χ0v) is 9.06. The van der Waals surface area contributed by atoms with Crippen LogP contribution in [0, 0.1) is 0 Å². The fourth-order valence-electron chi connectivity index (χ4n) is 1.70. The zero-order valence-electron chi connectivity index (χ0n) is 7.55. The second-order valence-corrected chi connectivity index (χ2v) is 4.06. The van der Waals surface area contributed by atoms with Gasteiger partial charge in [-0.3, -0.25) is 4.90 Å². The lowest BCUT2D eigenvalue weighted by atomic mass is 10.0. The van der Waals surface area contributed by atoms with Crippen LogP contribution in [0.5, 0.6) is 0 Å². The molecular weight excluding hydrogens is 209 g/mol. The summed E-state index contributed by atoms with van der Waals surface area (Å²) in [5, 5.41) is 9.75. The first kappa shape index (κ1) is 11.3. The van der Waals surface area contributed by atoms with Crippen molar-refractivity contribution < 1.29 is 5.11 Å². The number of piperidine rings is 1. The number of hydrogen-bond donors (Lipinski definition) is 1. The number of halogens is 2. The number of rotatable bonds is 3. The van der Waals surface area contributed by atoms with Gasteiger partial charge in [0.15, 0.2) is 0 Å². The second-order valence-electron chi connectivity index (χ2n) is 3.36. The maximum absolute atomic E-state index is 9.11. The van der Waals surface area contributed by atoms with Crippen molar-refractivity contribution in [3.63, 3.8) is 0 Å². The van der Waals surface area contributed by atoms with Gasteiger partial charge in [0, 0.05) is 23.2 Å². The van der Waals surface area contributed by atoms with E-state index in [4.69, 9.17) is 28.3 Å². The predicted molar refractivity (Wildman–Crippen MR) is 56.1 cm³/mol. The maximum atomic E-state index is 9.11. The summed E-state index contributed by atoms with van der Waals surface area (Å²) in [6, 6.07) is 0.263. The van der Waals surface area contributed by atoms with Crippen LogP contribution in [-0.4, -0.2) is 35.7 Å². The van der Waals surface area contributed by atoms with Gasteiger partial charge in [0.1, 0.15) is 0 Å². The third kappa shape index (κ3) is 3.47. The number of likely N-dealkylation sites (tertiary alicyclic amines) is 1. The number of hydrogen-bond acceptors (Lipinski definition) is 2. The van der Waals surface area contributed by atoms with Crippen LogP contribution in [0.3, 0.4) is 0 Å². The molecule has 1 heterocycles. The summed E-state index contributed by atoms with van der Waals surface area (Å²) in [5.41, 5.74) is 1.39. The minimum absolute atomic E-state index is 0.215. The Morgan fingerprint density at radius 3 is 2.92 bits per heavy atom. The van der Waals surface area contributed by atoms with E-state index >= 15 is 0 Å². The number of aliphatic hydroxyl groups is 1. The molecule has 0 spiro atoms. The molecule has 0 aromatic heterocycles. The van der Waals surface area contributed by atoms with Gasteiger partial charge in [0.05, 0.1) is 6.61 Å². The van der Waals surface area contributed by atoms with Crippen molar-refractivity contribution in [2.75, 3.05) is 19.7 Å². The van der Waals surface area contributed by atoms with Crippen molar-refractivity contribution >= 4 is 23.2 Å². The standard InChI is InChI=1S/C9H15Cl2NO/c10-5-8(11)6-12-4-2-1-3-9(12)7-13/h5,9,13H,1-4,6-7H2. The van der Waals surface area contributed by atoms with Crippen molar-refractivity contribution in [2.24, 2.45) is 0 Å². The number of nitrogens with zero attached hydrogens (tertiary/aromatic N) is 1. The molecule has 1 unspecified atom stereocenters. The van der Waals surface area contributed by atoms with Crippen molar-refractivity contribution in [3.05, 3.63) is 10.6 Å². The van der Waals surface area contributed by atoms with Crippen molar-refractivity contribution in [1.82, 2.24) is 4.90 Å². The average molecular weight is 224 g/mol. The van der Waals surface area contributed by atoms with Crippen molar-refractivity contribution in [2.45, 2.75) is 25.3 Å². The van der Waals surface area contributed by atoms with Crippen molar-refractivity contribution in [3.8, 4) is 0 Å². The lowest BCUT2D eigenvalue weighted by Crippen LogP contribution is -2.42. The Hall–Kier alpha value is 0.240. The molecule has 1 rings (SSSR count). The monoisotopic (exact) mass is 223 g/mol. The van der Waals surface area contributed by atoms with Gasteiger partial charge in [0.2, 0.25) is 0 Å². The second kappa shape index (κ2) is 5.86. The predicted octanol–water partition coefficient (Wildman–Crippen LogP) is 2.15. The Kier molecular flexibility index (Phi) is 5.10. The minimum Gasteiger partial charge on any atom is -0.395 e. The highest BCUT2D eigenvalue weighted by Gasteiger charge is 2.21. The van der Waals surface area contributed by atoms with Crippen molar-refractivity contribution in [1.29, 1.82) is 0 Å². The molecule has 13 heavy (non-hydrogen) atoms. The van der Waals surface area contributed by atoms with Gasteiger partial charge in [-0.15, -0.1) is 0 Å². The minimum atomic E-state index is 0.215. The van der Waals surface area contributed by atoms with E-state index in [1.165, 1.54) is 18.4 Å². The molecule has 1 N–H and O–H groups in total. The smallest absolute Gasteiger partial charge is 0.0587 e. The highest BCUT2D eigenvalue weighted by Crippen LogP contribution is 2.19. The molecule has 4 heteroatoms. The van der Waals surface area contributed by atoms with Gasteiger partial charge in [-0.1, -0.05) is 29.6 Å². The largest absolute Gasteiger partial charge is 0.395 e. The van der Waals surface area contributed by atoms with Crippen LogP contribution in [-0.2, 0) is 0 Å². The molecule has 0 aliphatic carbocycles. The van der Waals surface area contributed by atoms with Crippen LogP contribution in [0.15, 0.2) is 10.6 Å². The molecule has 0 aromatic rings. The molecule has 1 atom stereocenters. The van der Waals surface area contributed by atoms with E-state index in [0.29, 0.717) is 11.6 Å². The Balaban J connectivity index is 2.45. The van der Waals surface area contributed by atoms with E-state index < -0.39 is 0 Å². The van der Waals surface area contributed by atoms with Gasteiger partial charge < -0.3 is 5.11 Å². The fraction of sp³-hybridized carbons (Fsp3) is 0.778. The Morgan fingerprint density at radius 2 is 2.31 bits per heavy atom. The molecule has 0 saturated carbocycles. The maximum Gasteiger partial charge on any atom is 0.0587 e. The number of aliphatic hydroxyl groups excluding tert-OH is 1.